The number of carbonyl (C=O) groups is 1. The number of carbonyl (C=O) groups excluding carboxylic acids is 1. The highest BCUT2D eigenvalue weighted by Crippen LogP contribution is 2.43. The number of Topliss-reactive ketones (excluding diaryl/α,β-unsaturated/α-hetero) is 1. The van der Waals surface area contributed by atoms with Crippen molar-refractivity contribution in [3.63, 3.8) is 0 Å². The number of nitrogens with one attached hydrogen (secondary N) is 1. The van der Waals surface area contributed by atoms with Crippen LogP contribution in [0.2, 0.25) is 0 Å². The molecule has 1 N–H and O–H groups in total. The van der Waals surface area contributed by atoms with Gasteiger partial charge in [0.2, 0.25) is 5.95 Å². The fraction of sp³-hybridized carbons (Fsp3) is 0.292. The van der Waals surface area contributed by atoms with Gasteiger partial charge in [-0.25, -0.2) is 4.68 Å². The summed E-state index contributed by atoms with van der Waals surface area (Å²) in [7, 11) is 1.65. The van der Waals surface area contributed by atoms with Crippen LogP contribution in [0.5, 0.6) is 5.75 Å². The molecule has 2 aromatic carbocycles. The van der Waals surface area contributed by atoms with E-state index in [0.29, 0.717) is 18.2 Å². The minimum Gasteiger partial charge on any atom is -0.496 e. The van der Waals surface area contributed by atoms with Crippen LogP contribution in [0.3, 0.4) is 0 Å². The Morgan fingerprint density at radius 3 is 2.73 bits per heavy atom. The molecule has 0 spiro atoms. The number of benzene rings is 2. The van der Waals surface area contributed by atoms with Crippen molar-refractivity contribution >= 4 is 11.7 Å². The molecule has 1 aromatic heterocycles. The highest BCUT2D eigenvalue weighted by molar-refractivity contribution is 5.99. The van der Waals surface area contributed by atoms with E-state index in [1.54, 1.807) is 7.11 Å². The monoisotopic (exact) mass is 400 g/mol. The third kappa shape index (κ3) is 2.91. The molecule has 0 saturated carbocycles. The lowest BCUT2D eigenvalue weighted by atomic mass is 9.85. The number of rotatable bonds is 3. The van der Waals surface area contributed by atoms with Gasteiger partial charge in [-0.2, -0.15) is 4.98 Å². The summed E-state index contributed by atoms with van der Waals surface area (Å²) in [5.74, 6) is 2.21. The van der Waals surface area contributed by atoms with E-state index in [-0.39, 0.29) is 11.8 Å². The number of hydrogen-bond acceptors (Lipinski definition) is 5. The van der Waals surface area contributed by atoms with E-state index < -0.39 is 0 Å². The first-order chi connectivity index (χ1) is 14.6. The zero-order valence-corrected chi connectivity index (χ0v) is 17.4. The number of aryl methyl sites for hydroxylation is 2. The lowest BCUT2D eigenvalue weighted by Crippen LogP contribution is -2.31. The Labute approximate surface area is 175 Å². The molecule has 1 atom stereocenters. The first kappa shape index (κ1) is 18.6. The molecular formula is C24H24N4O2. The fourth-order valence-corrected chi connectivity index (χ4v) is 4.34. The zero-order chi connectivity index (χ0) is 20.8. The maximum Gasteiger partial charge on any atom is 0.226 e. The van der Waals surface area contributed by atoms with Crippen LogP contribution >= 0.6 is 0 Å². The number of anilines is 1. The SMILES string of the molecule is COc1ccccc1C1C2=C(CCCC2=O)Nc2nc(-c3ccc(C)c(C)c3)nn21. The average Bonchev–Trinajstić information content (AvgIpc) is 3.18. The van der Waals surface area contributed by atoms with E-state index in [1.807, 2.05) is 35.0 Å². The fourth-order valence-electron chi connectivity index (χ4n) is 4.34. The van der Waals surface area contributed by atoms with Gasteiger partial charge in [-0.15, -0.1) is 5.10 Å². The van der Waals surface area contributed by atoms with Crippen LogP contribution in [0.25, 0.3) is 11.4 Å². The maximum atomic E-state index is 13.0. The molecular weight excluding hydrogens is 376 g/mol. The molecule has 0 saturated heterocycles. The standard InChI is InChI=1S/C24H24N4O2/c1-14-11-12-16(13-15(14)2)23-26-24-25-18-8-6-9-19(29)21(18)22(28(24)27-23)17-7-4-5-10-20(17)30-3/h4-5,7,10-13,22H,6,8-9H2,1-3H3,(H,25,26,27). The molecule has 2 aliphatic rings. The van der Waals surface area contributed by atoms with Gasteiger partial charge in [0.05, 0.1) is 7.11 Å². The van der Waals surface area contributed by atoms with E-state index in [9.17, 15) is 4.79 Å². The summed E-state index contributed by atoms with van der Waals surface area (Å²) in [4.78, 5) is 17.8. The summed E-state index contributed by atoms with van der Waals surface area (Å²) in [6.07, 6.45) is 2.24. The highest BCUT2D eigenvalue weighted by Gasteiger charge is 2.38. The van der Waals surface area contributed by atoms with Crippen molar-refractivity contribution in [1.82, 2.24) is 14.8 Å². The molecule has 3 aromatic rings. The molecule has 2 heterocycles. The quantitative estimate of drug-likeness (QED) is 0.696. The van der Waals surface area contributed by atoms with Crippen molar-refractivity contribution < 1.29 is 9.53 Å². The first-order valence-electron chi connectivity index (χ1n) is 10.3. The van der Waals surface area contributed by atoms with Gasteiger partial charge < -0.3 is 10.1 Å². The Bertz CT molecular complexity index is 1190. The molecule has 1 aliphatic heterocycles. The van der Waals surface area contributed by atoms with Gasteiger partial charge in [-0.1, -0.05) is 30.3 Å². The summed E-state index contributed by atoms with van der Waals surface area (Å²) in [5.41, 5.74) is 6.04. The lowest BCUT2D eigenvalue weighted by molar-refractivity contribution is -0.116. The third-order valence-corrected chi connectivity index (χ3v) is 6.07. The number of nitrogens with zero attached hydrogens (tertiary/aromatic N) is 3. The van der Waals surface area contributed by atoms with Gasteiger partial charge in [0.25, 0.3) is 0 Å². The topological polar surface area (TPSA) is 69.0 Å². The second kappa shape index (κ2) is 7.13. The number of methoxy groups -OCH3 is 1. The van der Waals surface area contributed by atoms with E-state index in [0.717, 1.165) is 41.0 Å². The number of ketones is 1. The summed E-state index contributed by atoms with van der Waals surface area (Å²) in [6.45, 7) is 4.18. The van der Waals surface area contributed by atoms with E-state index in [1.165, 1.54) is 11.1 Å². The van der Waals surface area contributed by atoms with Crippen LogP contribution in [-0.4, -0.2) is 27.7 Å². The van der Waals surface area contributed by atoms with Crippen LogP contribution in [0.15, 0.2) is 53.7 Å². The Balaban J connectivity index is 1.70. The molecule has 0 radical (unpaired) electrons. The van der Waals surface area contributed by atoms with Crippen LogP contribution in [0.4, 0.5) is 5.95 Å². The lowest BCUT2D eigenvalue weighted by Gasteiger charge is -2.32. The van der Waals surface area contributed by atoms with E-state index >= 15 is 0 Å². The predicted octanol–water partition coefficient (Wildman–Crippen LogP) is 4.59. The number of allylic oxidation sites excluding steroid dienone is 2. The van der Waals surface area contributed by atoms with Crippen molar-refractivity contribution in [3.05, 3.63) is 70.4 Å². The highest BCUT2D eigenvalue weighted by atomic mass is 16.5. The Hall–Kier alpha value is -3.41. The van der Waals surface area contributed by atoms with E-state index in [2.05, 4.69) is 31.3 Å². The Morgan fingerprint density at radius 1 is 1.10 bits per heavy atom. The Kier molecular flexibility index (Phi) is 4.42. The predicted molar refractivity (Wildman–Crippen MR) is 116 cm³/mol. The zero-order valence-electron chi connectivity index (χ0n) is 17.4. The van der Waals surface area contributed by atoms with Crippen molar-refractivity contribution in [2.45, 2.75) is 39.2 Å². The number of aromatic nitrogens is 3. The molecule has 6 heteroatoms. The Morgan fingerprint density at radius 2 is 1.93 bits per heavy atom. The van der Waals surface area contributed by atoms with Crippen LogP contribution in [0.1, 0.15) is 42.0 Å². The number of para-hydroxylation sites is 1. The minimum atomic E-state index is -0.354. The van der Waals surface area contributed by atoms with Crippen molar-refractivity contribution in [1.29, 1.82) is 0 Å². The molecule has 6 nitrogen and oxygen atoms in total. The van der Waals surface area contributed by atoms with Gasteiger partial charge in [-0.05, 0) is 49.9 Å². The van der Waals surface area contributed by atoms with Gasteiger partial charge in [0.1, 0.15) is 11.8 Å². The van der Waals surface area contributed by atoms with Crippen LogP contribution in [0, 0.1) is 13.8 Å². The number of fused-ring (bicyclic) bond motifs is 1. The van der Waals surface area contributed by atoms with E-state index in [4.69, 9.17) is 14.8 Å². The summed E-state index contributed by atoms with van der Waals surface area (Å²) in [5, 5.41) is 8.24. The summed E-state index contributed by atoms with van der Waals surface area (Å²) >= 11 is 0. The maximum absolute atomic E-state index is 13.0. The van der Waals surface area contributed by atoms with Crippen molar-refractivity contribution in [2.75, 3.05) is 12.4 Å². The number of ether oxygens (including phenoxy) is 1. The van der Waals surface area contributed by atoms with Crippen LogP contribution < -0.4 is 10.1 Å². The van der Waals surface area contributed by atoms with Crippen LogP contribution in [-0.2, 0) is 4.79 Å². The first-order valence-corrected chi connectivity index (χ1v) is 10.3. The molecule has 152 valence electrons. The second-order valence-electron chi connectivity index (χ2n) is 7.94. The molecule has 0 fully saturated rings. The van der Waals surface area contributed by atoms with Gasteiger partial charge in [0, 0.05) is 28.8 Å². The molecule has 0 bridgehead atoms. The molecule has 30 heavy (non-hydrogen) atoms. The molecule has 1 unspecified atom stereocenters. The largest absolute Gasteiger partial charge is 0.496 e. The van der Waals surface area contributed by atoms with Gasteiger partial charge in [0.15, 0.2) is 11.6 Å². The summed E-state index contributed by atoms with van der Waals surface area (Å²) < 4.78 is 7.47. The van der Waals surface area contributed by atoms with Gasteiger partial charge >= 0.3 is 0 Å². The minimum absolute atomic E-state index is 0.161. The average molecular weight is 400 g/mol. The molecule has 1 aliphatic carbocycles. The molecule has 0 amide bonds. The number of hydrogen-bond donors (Lipinski definition) is 1. The summed E-state index contributed by atoms with van der Waals surface area (Å²) in [6, 6.07) is 13.7. The van der Waals surface area contributed by atoms with Crippen molar-refractivity contribution in [2.24, 2.45) is 0 Å². The van der Waals surface area contributed by atoms with Gasteiger partial charge in [-0.3, -0.25) is 4.79 Å². The smallest absolute Gasteiger partial charge is 0.226 e. The normalized spacial score (nSPS) is 18.0. The van der Waals surface area contributed by atoms with Crippen molar-refractivity contribution in [3.8, 4) is 17.1 Å². The molecule has 5 rings (SSSR count). The third-order valence-electron chi connectivity index (χ3n) is 6.07. The second-order valence-corrected chi connectivity index (χ2v) is 7.94.